The van der Waals surface area contributed by atoms with Gasteiger partial charge in [-0.3, -0.25) is 0 Å². The Kier molecular flexibility index (Phi) is 6.79. The number of rotatable bonds is 8. The zero-order valence-corrected chi connectivity index (χ0v) is 17.3. The lowest BCUT2D eigenvalue weighted by Gasteiger charge is -2.10. The number of aromatic nitrogens is 3. The van der Waals surface area contributed by atoms with Crippen molar-refractivity contribution in [3.05, 3.63) is 65.5 Å². The smallest absolute Gasteiger partial charge is 0.338 e. The summed E-state index contributed by atoms with van der Waals surface area (Å²) in [6.45, 7) is 6.60. The van der Waals surface area contributed by atoms with E-state index >= 15 is 0 Å². The lowest BCUT2D eigenvalue weighted by molar-refractivity contribution is 0.0462. The van der Waals surface area contributed by atoms with Gasteiger partial charge in [-0.2, -0.15) is 15.0 Å². The van der Waals surface area contributed by atoms with E-state index in [2.05, 4.69) is 34.1 Å². The number of anilines is 3. The van der Waals surface area contributed by atoms with Gasteiger partial charge in [-0.15, -0.1) is 0 Å². The molecule has 0 saturated carbocycles. The molecule has 0 aliphatic heterocycles. The highest BCUT2D eigenvalue weighted by atomic mass is 16.5. The molecule has 3 aromatic rings. The third-order valence-electron chi connectivity index (χ3n) is 4.10. The molecule has 0 radical (unpaired) electrons. The Bertz CT molecular complexity index is 1010. The predicted octanol–water partition coefficient (Wildman–Crippen LogP) is 3.90. The molecular weight excluding hydrogens is 382 g/mol. The number of carbonyl (C=O) groups is 1. The first-order valence-electron chi connectivity index (χ1n) is 9.64. The van der Waals surface area contributed by atoms with Crippen LogP contribution in [0.1, 0.15) is 35.6 Å². The van der Waals surface area contributed by atoms with Gasteiger partial charge in [-0.25, -0.2) is 4.79 Å². The summed E-state index contributed by atoms with van der Waals surface area (Å²) in [5.41, 5.74) is 8.07. The zero-order valence-electron chi connectivity index (χ0n) is 17.3. The third-order valence-corrected chi connectivity index (χ3v) is 4.10. The van der Waals surface area contributed by atoms with E-state index in [0.29, 0.717) is 23.8 Å². The van der Waals surface area contributed by atoms with Crippen molar-refractivity contribution in [3.8, 4) is 5.75 Å². The summed E-state index contributed by atoms with van der Waals surface area (Å²) in [6.07, 6.45) is 0. The fourth-order valence-electron chi connectivity index (χ4n) is 2.56. The van der Waals surface area contributed by atoms with Crippen molar-refractivity contribution in [2.24, 2.45) is 5.92 Å². The summed E-state index contributed by atoms with van der Waals surface area (Å²) in [6, 6.07) is 14.5. The Labute approximate surface area is 175 Å². The summed E-state index contributed by atoms with van der Waals surface area (Å²) in [7, 11) is 0. The van der Waals surface area contributed by atoms with Gasteiger partial charge in [-0.1, -0.05) is 32.0 Å². The van der Waals surface area contributed by atoms with Crippen LogP contribution < -0.4 is 15.8 Å². The molecule has 0 aliphatic carbocycles. The average molecular weight is 407 g/mol. The summed E-state index contributed by atoms with van der Waals surface area (Å²) in [5, 5.41) is 3.10. The number of aryl methyl sites for hydroxylation is 1. The first-order chi connectivity index (χ1) is 14.4. The van der Waals surface area contributed by atoms with E-state index in [1.54, 1.807) is 24.3 Å². The molecule has 0 unspecified atom stereocenters. The van der Waals surface area contributed by atoms with Gasteiger partial charge in [0.05, 0.1) is 12.2 Å². The maximum absolute atomic E-state index is 12.3. The molecule has 1 aromatic heterocycles. The molecule has 1 heterocycles. The largest absolute Gasteiger partial charge is 0.493 e. The van der Waals surface area contributed by atoms with Crippen LogP contribution in [0.5, 0.6) is 5.75 Å². The topological polar surface area (TPSA) is 112 Å². The van der Waals surface area contributed by atoms with Gasteiger partial charge in [-0.05, 0) is 48.7 Å². The Morgan fingerprint density at radius 2 is 1.80 bits per heavy atom. The number of benzene rings is 2. The normalized spacial score (nSPS) is 10.7. The van der Waals surface area contributed by atoms with Crippen LogP contribution in [0.25, 0.3) is 0 Å². The molecule has 0 fully saturated rings. The molecule has 0 amide bonds. The van der Waals surface area contributed by atoms with Crippen molar-refractivity contribution in [1.82, 2.24) is 15.0 Å². The highest BCUT2D eigenvalue weighted by Crippen LogP contribution is 2.18. The molecule has 0 aliphatic rings. The number of carbonyl (C=O) groups excluding carboxylic acids is 1. The number of esters is 1. The molecule has 3 N–H and O–H groups in total. The van der Waals surface area contributed by atoms with Crippen LogP contribution in [0.2, 0.25) is 0 Å². The zero-order chi connectivity index (χ0) is 21.5. The van der Waals surface area contributed by atoms with Crippen molar-refractivity contribution in [3.63, 3.8) is 0 Å². The van der Waals surface area contributed by atoms with Gasteiger partial charge in [0.2, 0.25) is 11.9 Å². The third kappa shape index (κ3) is 5.91. The fourth-order valence-corrected chi connectivity index (χ4v) is 2.56. The van der Waals surface area contributed by atoms with Crippen LogP contribution >= 0.6 is 0 Å². The minimum absolute atomic E-state index is 0.0405. The van der Waals surface area contributed by atoms with E-state index in [9.17, 15) is 4.79 Å². The molecule has 30 heavy (non-hydrogen) atoms. The number of hydrogen-bond donors (Lipinski definition) is 2. The van der Waals surface area contributed by atoms with Crippen LogP contribution in [0.4, 0.5) is 17.6 Å². The first-order valence-corrected chi connectivity index (χ1v) is 9.64. The predicted molar refractivity (Wildman–Crippen MR) is 115 cm³/mol. The Balaban J connectivity index is 1.62. The number of para-hydroxylation sites is 1. The van der Waals surface area contributed by atoms with E-state index in [-0.39, 0.29) is 24.3 Å². The minimum Gasteiger partial charge on any atom is -0.493 e. The van der Waals surface area contributed by atoms with Crippen LogP contribution in [0.15, 0.2) is 48.5 Å². The molecule has 2 aromatic carbocycles. The molecule has 156 valence electrons. The second-order valence-electron chi connectivity index (χ2n) is 7.18. The summed E-state index contributed by atoms with van der Waals surface area (Å²) < 4.78 is 10.9. The highest BCUT2D eigenvalue weighted by molar-refractivity contribution is 5.89. The van der Waals surface area contributed by atoms with Gasteiger partial charge >= 0.3 is 5.97 Å². The van der Waals surface area contributed by atoms with Gasteiger partial charge in [0.1, 0.15) is 5.75 Å². The maximum Gasteiger partial charge on any atom is 0.338 e. The van der Waals surface area contributed by atoms with E-state index < -0.39 is 5.97 Å². The molecule has 0 atom stereocenters. The number of nitrogens with zero attached hydrogens (tertiary/aromatic N) is 3. The monoisotopic (exact) mass is 407 g/mol. The summed E-state index contributed by atoms with van der Waals surface area (Å²) >= 11 is 0. The van der Waals surface area contributed by atoms with E-state index in [1.807, 2.05) is 31.2 Å². The number of ether oxygens (including phenoxy) is 2. The summed E-state index contributed by atoms with van der Waals surface area (Å²) in [5.74, 6) is 1.22. The number of nitrogens with one attached hydrogen (secondary N) is 1. The van der Waals surface area contributed by atoms with Crippen LogP contribution in [0, 0.1) is 12.8 Å². The second-order valence-corrected chi connectivity index (χ2v) is 7.18. The number of nitrogens with two attached hydrogens (primary N) is 1. The first kappa shape index (κ1) is 21.0. The molecule has 0 bridgehead atoms. The van der Waals surface area contributed by atoms with E-state index in [0.717, 1.165) is 11.3 Å². The number of hydrogen-bond acceptors (Lipinski definition) is 8. The quantitative estimate of drug-likeness (QED) is 0.541. The van der Waals surface area contributed by atoms with Crippen LogP contribution in [-0.4, -0.2) is 27.5 Å². The van der Waals surface area contributed by atoms with E-state index in [1.165, 1.54) is 0 Å². The second kappa shape index (κ2) is 9.69. The maximum atomic E-state index is 12.3. The lowest BCUT2D eigenvalue weighted by atomic mass is 10.2. The standard InChI is InChI=1S/C22H25N5O3/c1-14(2)12-29-17-10-8-16(9-11-17)20(28)30-13-19-25-21(23)27-22(26-19)24-18-7-5-4-6-15(18)3/h4-11,14H,12-13H2,1-3H3,(H3,23,24,25,26,27). The van der Waals surface area contributed by atoms with Gasteiger partial charge in [0.15, 0.2) is 12.4 Å². The van der Waals surface area contributed by atoms with Gasteiger partial charge < -0.3 is 20.5 Å². The van der Waals surface area contributed by atoms with Crippen molar-refractivity contribution in [1.29, 1.82) is 0 Å². The average Bonchev–Trinajstić information content (AvgIpc) is 2.72. The van der Waals surface area contributed by atoms with Crippen molar-refractivity contribution < 1.29 is 14.3 Å². The van der Waals surface area contributed by atoms with Crippen molar-refractivity contribution in [2.45, 2.75) is 27.4 Å². The van der Waals surface area contributed by atoms with Crippen molar-refractivity contribution >= 4 is 23.6 Å². The molecule has 8 nitrogen and oxygen atoms in total. The molecule has 3 rings (SSSR count). The van der Waals surface area contributed by atoms with Crippen LogP contribution in [-0.2, 0) is 11.3 Å². The van der Waals surface area contributed by atoms with Crippen molar-refractivity contribution in [2.75, 3.05) is 17.7 Å². The molecule has 0 saturated heterocycles. The minimum atomic E-state index is -0.488. The molecule has 0 spiro atoms. The fraction of sp³-hybridized carbons (Fsp3) is 0.273. The Morgan fingerprint density at radius 3 is 2.50 bits per heavy atom. The Hall–Kier alpha value is -3.68. The van der Waals surface area contributed by atoms with E-state index in [4.69, 9.17) is 15.2 Å². The van der Waals surface area contributed by atoms with Gasteiger partial charge in [0.25, 0.3) is 0 Å². The SMILES string of the molecule is Cc1ccccc1Nc1nc(N)nc(COC(=O)c2ccc(OCC(C)C)cc2)n1. The summed E-state index contributed by atoms with van der Waals surface area (Å²) in [4.78, 5) is 24.7. The molecule has 8 heteroatoms. The highest BCUT2D eigenvalue weighted by Gasteiger charge is 2.11. The molecular formula is C22H25N5O3. The van der Waals surface area contributed by atoms with Crippen LogP contribution in [0.3, 0.4) is 0 Å². The lowest BCUT2D eigenvalue weighted by Crippen LogP contribution is -2.11. The number of nitrogen functional groups attached to an aromatic ring is 1. The van der Waals surface area contributed by atoms with Gasteiger partial charge in [0, 0.05) is 5.69 Å². The Morgan fingerprint density at radius 1 is 1.07 bits per heavy atom.